The van der Waals surface area contributed by atoms with E-state index >= 15 is 0 Å². The number of benzene rings is 1. The molecule has 3 N–H and O–H groups in total. The summed E-state index contributed by atoms with van der Waals surface area (Å²) in [4.78, 5) is 22.1. The molecule has 1 aromatic rings. The van der Waals surface area contributed by atoms with E-state index in [1.807, 2.05) is 0 Å². The first-order valence-electron chi connectivity index (χ1n) is 4.52. The van der Waals surface area contributed by atoms with E-state index in [2.05, 4.69) is 37.2 Å². The monoisotopic (exact) mass is 348 g/mol. The molecular weight excluding hydrogens is 340 g/mol. The Hall–Kier alpha value is -0.880. The third-order valence-electron chi connectivity index (χ3n) is 1.83. The van der Waals surface area contributed by atoms with Crippen LogP contribution in [0.3, 0.4) is 0 Å². The highest BCUT2D eigenvalue weighted by molar-refractivity contribution is 9.11. The number of amides is 2. The number of rotatable bonds is 4. The molecule has 0 heterocycles. The van der Waals surface area contributed by atoms with Gasteiger partial charge in [-0.25, -0.2) is 0 Å². The van der Waals surface area contributed by atoms with Crippen molar-refractivity contribution in [3.05, 3.63) is 32.7 Å². The standard InChI is InChI=1S/C10H10Br2N2O2/c11-6-1-2-7(8(12)5-6)10(16)14-4-3-9(13)15/h1-2,5H,3-4H2,(H2,13,15)(H,14,16). The van der Waals surface area contributed by atoms with E-state index < -0.39 is 5.91 Å². The lowest BCUT2D eigenvalue weighted by atomic mass is 10.2. The number of hydrogen-bond acceptors (Lipinski definition) is 2. The van der Waals surface area contributed by atoms with Crippen LogP contribution in [0, 0.1) is 0 Å². The summed E-state index contributed by atoms with van der Waals surface area (Å²) in [6.07, 6.45) is 0.139. The Labute approximate surface area is 110 Å². The van der Waals surface area contributed by atoms with Crippen LogP contribution in [-0.2, 0) is 4.79 Å². The van der Waals surface area contributed by atoms with E-state index in [0.29, 0.717) is 10.0 Å². The first-order valence-corrected chi connectivity index (χ1v) is 6.11. The Morgan fingerprint density at radius 2 is 2.00 bits per heavy atom. The Kier molecular flexibility index (Phi) is 4.95. The van der Waals surface area contributed by atoms with Crippen molar-refractivity contribution < 1.29 is 9.59 Å². The van der Waals surface area contributed by atoms with Crippen molar-refractivity contribution in [1.82, 2.24) is 5.32 Å². The van der Waals surface area contributed by atoms with Crippen molar-refractivity contribution >= 4 is 43.7 Å². The van der Waals surface area contributed by atoms with Crippen LogP contribution >= 0.6 is 31.9 Å². The lowest BCUT2D eigenvalue weighted by molar-refractivity contribution is -0.117. The second-order valence-corrected chi connectivity index (χ2v) is 4.87. The minimum absolute atomic E-state index is 0.139. The highest BCUT2D eigenvalue weighted by atomic mass is 79.9. The molecule has 0 aliphatic heterocycles. The maximum Gasteiger partial charge on any atom is 0.252 e. The third kappa shape index (κ3) is 3.94. The number of nitrogens with two attached hydrogens (primary N) is 1. The second-order valence-electron chi connectivity index (χ2n) is 3.10. The zero-order valence-corrected chi connectivity index (χ0v) is 11.5. The summed E-state index contributed by atoms with van der Waals surface area (Å²) < 4.78 is 1.58. The van der Waals surface area contributed by atoms with Gasteiger partial charge in [0.15, 0.2) is 0 Å². The predicted octanol–water partition coefficient (Wildman–Crippen LogP) is 1.82. The Morgan fingerprint density at radius 3 is 2.56 bits per heavy atom. The molecule has 0 radical (unpaired) electrons. The Balaban J connectivity index is 2.63. The number of halogens is 2. The van der Waals surface area contributed by atoms with Crippen LogP contribution in [0.2, 0.25) is 0 Å². The van der Waals surface area contributed by atoms with Gasteiger partial charge in [0.2, 0.25) is 5.91 Å². The van der Waals surface area contributed by atoms with Crippen molar-refractivity contribution in [2.75, 3.05) is 6.54 Å². The summed E-state index contributed by atoms with van der Waals surface area (Å²) >= 11 is 6.58. The molecule has 0 fully saturated rings. The summed E-state index contributed by atoms with van der Waals surface area (Å²) in [7, 11) is 0. The van der Waals surface area contributed by atoms with Gasteiger partial charge < -0.3 is 11.1 Å². The Bertz CT molecular complexity index is 421. The average molecular weight is 350 g/mol. The zero-order valence-electron chi connectivity index (χ0n) is 8.30. The van der Waals surface area contributed by atoms with Crippen LogP contribution < -0.4 is 11.1 Å². The fourth-order valence-corrected chi connectivity index (χ4v) is 2.30. The van der Waals surface area contributed by atoms with E-state index in [0.717, 1.165) is 4.47 Å². The Morgan fingerprint density at radius 1 is 1.31 bits per heavy atom. The molecule has 86 valence electrons. The van der Waals surface area contributed by atoms with E-state index in [1.54, 1.807) is 18.2 Å². The van der Waals surface area contributed by atoms with E-state index in [9.17, 15) is 9.59 Å². The van der Waals surface area contributed by atoms with Gasteiger partial charge in [0, 0.05) is 21.9 Å². The van der Waals surface area contributed by atoms with Crippen molar-refractivity contribution in [2.24, 2.45) is 5.73 Å². The van der Waals surface area contributed by atoms with Crippen LogP contribution in [0.25, 0.3) is 0 Å². The number of primary amides is 1. The molecule has 0 spiro atoms. The molecule has 2 amide bonds. The minimum atomic E-state index is -0.435. The normalized spacial score (nSPS) is 9.88. The SMILES string of the molecule is NC(=O)CCNC(=O)c1ccc(Br)cc1Br. The number of nitrogens with one attached hydrogen (secondary N) is 1. The molecule has 1 rings (SSSR count). The molecule has 6 heteroatoms. The summed E-state index contributed by atoms with van der Waals surface area (Å²) in [5, 5.41) is 2.61. The summed E-state index contributed by atoms with van der Waals surface area (Å²) in [6.45, 7) is 0.247. The molecule has 0 unspecified atom stereocenters. The summed E-state index contributed by atoms with van der Waals surface area (Å²) in [6, 6.07) is 5.24. The lowest BCUT2D eigenvalue weighted by Gasteiger charge is -2.06. The van der Waals surface area contributed by atoms with Gasteiger partial charge in [0.05, 0.1) is 5.56 Å². The lowest BCUT2D eigenvalue weighted by Crippen LogP contribution is -2.28. The van der Waals surface area contributed by atoms with Gasteiger partial charge in [0.25, 0.3) is 5.91 Å². The maximum atomic E-state index is 11.6. The number of carbonyl (C=O) groups is 2. The first kappa shape index (κ1) is 13.2. The molecule has 0 saturated carbocycles. The average Bonchev–Trinajstić information content (AvgIpc) is 2.16. The van der Waals surface area contributed by atoms with Gasteiger partial charge in [-0.2, -0.15) is 0 Å². The molecule has 16 heavy (non-hydrogen) atoms. The van der Waals surface area contributed by atoms with Crippen LogP contribution in [0.15, 0.2) is 27.1 Å². The molecule has 0 saturated heterocycles. The molecule has 0 aliphatic carbocycles. The topological polar surface area (TPSA) is 72.2 Å². The van der Waals surface area contributed by atoms with Gasteiger partial charge >= 0.3 is 0 Å². The van der Waals surface area contributed by atoms with Crippen molar-refractivity contribution in [3.63, 3.8) is 0 Å². The number of hydrogen-bond donors (Lipinski definition) is 2. The van der Waals surface area contributed by atoms with Crippen molar-refractivity contribution in [2.45, 2.75) is 6.42 Å². The smallest absolute Gasteiger partial charge is 0.252 e. The van der Waals surface area contributed by atoms with Gasteiger partial charge in [-0.05, 0) is 34.1 Å². The zero-order chi connectivity index (χ0) is 12.1. The quantitative estimate of drug-likeness (QED) is 0.870. The highest BCUT2D eigenvalue weighted by Gasteiger charge is 2.09. The van der Waals surface area contributed by atoms with E-state index in [4.69, 9.17) is 5.73 Å². The van der Waals surface area contributed by atoms with Gasteiger partial charge in [-0.1, -0.05) is 15.9 Å². The molecule has 4 nitrogen and oxygen atoms in total. The largest absolute Gasteiger partial charge is 0.370 e. The van der Waals surface area contributed by atoms with Crippen molar-refractivity contribution in [1.29, 1.82) is 0 Å². The molecule has 0 aliphatic rings. The number of carbonyl (C=O) groups excluding carboxylic acids is 2. The van der Waals surface area contributed by atoms with Crippen LogP contribution in [0.5, 0.6) is 0 Å². The molecule has 0 bridgehead atoms. The molecule has 1 aromatic carbocycles. The maximum absolute atomic E-state index is 11.6. The van der Waals surface area contributed by atoms with Crippen LogP contribution in [0.4, 0.5) is 0 Å². The van der Waals surface area contributed by atoms with Crippen LogP contribution in [0.1, 0.15) is 16.8 Å². The van der Waals surface area contributed by atoms with E-state index in [-0.39, 0.29) is 18.9 Å². The predicted molar refractivity (Wildman–Crippen MR) is 68.0 cm³/mol. The molecule has 0 aromatic heterocycles. The highest BCUT2D eigenvalue weighted by Crippen LogP contribution is 2.21. The van der Waals surface area contributed by atoms with Gasteiger partial charge in [0.1, 0.15) is 0 Å². The van der Waals surface area contributed by atoms with Gasteiger partial charge in [-0.3, -0.25) is 9.59 Å². The molecule has 0 atom stereocenters. The van der Waals surface area contributed by atoms with Crippen LogP contribution in [-0.4, -0.2) is 18.4 Å². The van der Waals surface area contributed by atoms with E-state index in [1.165, 1.54) is 0 Å². The minimum Gasteiger partial charge on any atom is -0.370 e. The fourth-order valence-electron chi connectivity index (χ4n) is 1.07. The van der Waals surface area contributed by atoms with Gasteiger partial charge in [-0.15, -0.1) is 0 Å². The second kappa shape index (κ2) is 6.00. The first-order chi connectivity index (χ1) is 7.50. The third-order valence-corrected chi connectivity index (χ3v) is 2.98. The fraction of sp³-hybridized carbons (Fsp3) is 0.200. The summed E-state index contributed by atoms with van der Waals surface area (Å²) in [5.41, 5.74) is 5.48. The summed E-state index contributed by atoms with van der Waals surface area (Å²) in [5.74, 6) is -0.671. The molecular formula is C10H10Br2N2O2. The van der Waals surface area contributed by atoms with Crippen molar-refractivity contribution in [3.8, 4) is 0 Å².